The molecule has 0 aromatic heterocycles. The van der Waals surface area contributed by atoms with Gasteiger partial charge in [-0.3, -0.25) is 0 Å². The van der Waals surface area contributed by atoms with E-state index in [0.717, 1.165) is 36.1 Å². The lowest BCUT2D eigenvalue weighted by molar-refractivity contribution is 0.410. The summed E-state index contributed by atoms with van der Waals surface area (Å²) < 4.78 is 0. The van der Waals surface area contributed by atoms with E-state index in [1.54, 1.807) is 19.3 Å². The van der Waals surface area contributed by atoms with Gasteiger partial charge in [0.1, 0.15) is 0 Å². The third-order valence-electron chi connectivity index (χ3n) is 5.43. The van der Waals surface area contributed by atoms with Crippen LogP contribution in [0, 0.1) is 29.6 Å². The van der Waals surface area contributed by atoms with Crippen molar-refractivity contribution in [3.05, 3.63) is 0 Å². The Morgan fingerprint density at radius 1 is 1.00 bits per heavy atom. The van der Waals surface area contributed by atoms with E-state index in [4.69, 9.17) is 0 Å². The maximum atomic E-state index is 3.73. The van der Waals surface area contributed by atoms with E-state index in [-0.39, 0.29) is 0 Å². The highest BCUT2D eigenvalue weighted by Crippen LogP contribution is 2.69. The third kappa shape index (κ3) is 2.26. The van der Waals surface area contributed by atoms with Gasteiger partial charge >= 0.3 is 0 Å². The SMILES string of the molecule is CC(C)NCC(C)NCC1C2C3CCC(C3)C12. The lowest BCUT2D eigenvalue weighted by atomic mass is 10.0. The summed E-state index contributed by atoms with van der Waals surface area (Å²) in [7, 11) is 0. The lowest BCUT2D eigenvalue weighted by Gasteiger charge is -2.17. The van der Waals surface area contributed by atoms with E-state index in [1.165, 1.54) is 6.54 Å². The van der Waals surface area contributed by atoms with E-state index in [1.807, 2.05) is 0 Å². The van der Waals surface area contributed by atoms with Crippen LogP contribution in [-0.4, -0.2) is 25.2 Å². The number of hydrogen-bond donors (Lipinski definition) is 2. The van der Waals surface area contributed by atoms with Crippen molar-refractivity contribution in [3.63, 3.8) is 0 Å². The molecule has 98 valence electrons. The van der Waals surface area contributed by atoms with Gasteiger partial charge in [-0.2, -0.15) is 0 Å². The third-order valence-corrected chi connectivity index (χ3v) is 5.43. The van der Waals surface area contributed by atoms with Gasteiger partial charge < -0.3 is 10.6 Å². The highest BCUT2D eigenvalue weighted by molar-refractivity contribution is 5.13. The topological polar surface area (TPSA) is 24.1 Å². The van der Waals surface area contributed by atoms with E-state index in [9.17, 15) is 0 Å². The first-order valence-corrected chi connectivity index (χ1v) is 7.63. The Labute approximate surface area is 106 Å². The minimum atomic E-state index is 0.607. The molecular formula is C15H28N2. The Hall–Kier alpha value is -0.0800. The molecular weight excluding hydrogens is 208 g/mol. The van der Waals surface area contributed by atoms with Crippen LogP contribution in [0.4, 0.5) is 0 Å². The van der Waals surface area contributed by atoms with Crippen LogP contribution >= 0.6 is 0 Å². The Balaban J connectivity index is 1.36. The standard InChI is InChI=1S/C15H28N2/c1-9(2)16-7-10(3)17-8-13-14-11-4-5-12(6-11)15(13)14/h9-17H,4-8H2,1-3H3. The van der Waals surface area contributed by atoms with Gasteiger partial charge in [0.05, 0.1) is 0 Å². The van der Waals surface area contributed by atoms with Gasteiger partial charge in [-0.05, 0) is 62.3 Å². The molecule has 2 heteroatoms. The largest absolute Gasteiger partial charge is 0.313 e. The Bertz CT molecular complexity index is 260. The van der Waals surface area contributed by atoms with E-state index in [2.05, 4.69) is 31.4 Å². The lowest BCUT2D eigenvalue weighted by Crippen LogP contribution is -2.40. The molecule has 2 nitrogen and oxygen atoms in total. The molecule has 2 N–H and O–H groups in total. The Morgan fingerprint density at radius 2 is 1.65 bits per heavy atom. The number of fused-ring (bicyclic) bond motifs is 5. The molecule has 0 radical (unpaired) electrons. The van der Waals surface area contributed by atoms with Crippen molar-refractivity contribution < 1.29 is 0 Å². The molecule has 0 heterocycles. The molecule has 0 amide bonds. The quantitative estimate of drug-likeness (QED) is 0.739. The summed E-state index contributed by atoms with van der Waals surface area (Å²) in [5.74, 6) is 5.56. The van der Waals surface area contributed by atoms with Gasteiger partial charge in [0.2, 0.25) is 0 Å². The minimum absolute atomic E-state index is 0.607. The highest BCUT2D eigenvalue weighted by Gasteiger charge is 2.64. The van der Waals surface area contributed by atoms with Crippen LogP contribution in [0.1, 0.15) is 40.0 Å². The first-order valence-electron chi connectivity index (χ1n) is 7.63. The average molecular weight is 236 g/mol. The van der Waals surface area contributed by atoms with Crippen LogP contribution in [0.2, 0.25) is 0 Å². The fraction of sp³-hybridized carbons (Fsp3) is 1.00. The van der Waals surface area contributed by atoms with Crippen molar-refractivity contribution in [2.75, 3.05) is 13.1 Å². The van der Waals surface area contributed by atoms with Crippen LogP contribution in [-0.2, 0) is 0 Å². The molecule has 3 aliphatic carbocycles. The summed E-state index contributed by atoms with van der Waals surface area (Å²) in [5, 5.41) is 7.24. The molecule has 0 aromatic carbocycles. The first-order chi connectivity index (χ1) is 8.16. The molecule has 3 rings (SSSR count). The maximum Gasteiger partial charge on any atom is 0.0164 e. The molecule has 5 unspecified atom stereocenters. The molecule has 0 aromatic rings. The molecule has 3 aliphatic rings. The maximum absolute atomic E-state index is 3.73. The summed E-state index contributed by atoms with van der Waals surface area (Å²) >= 11 is 0. The number of rotatable bonds is 6. The van der Waals surface area contributed by atoms with Crippen molar-refractivity contribution in [2.24, 2.45) is 29.6 Å². The van der Waals surface area contributed by atoms with E-state index < -0.39 is 0 Å². The highest BCUT2D eigenvalue weighted by atomic mass is 15.0. The van der Waals surface area contributed by atoms with Crippen LogP contribution in [0.5, 0.6) is 0 Å². The van der Waals surface area contributed by atoms with Crippen LogP contribution in [0.3, 0.4) is 0 Å². The molecule has 0 spiro atoms. The zero-order valence-electron chi connectivity index (χ0n) is 11.6. The first kappa shape index (κ1) is 12.0. The molecule has 5 atom stereocenters. The average Bonchev–Trinajstić information content (AvgIpc) is 2.68. The molecule has 0 aliphatic heterocycles. The molecule has 3 fully saturated rings. The smallest absolute Gasteiger partial charge is 0.0164 e. The monoisotopic (exact) mass is 236 g/mol. The second kappa shape index (κ2) is 4.55. The van der Waals surface area contributed by atoms with Gasteiger partial charge in [-0.1, -0.05) is 13.8 Å². The predicted octanol–water partition coefficient (Wildman–Crippen LogP) is 2.25. The molecule has 17 heavy (non-hydrogen) atoms. The van der Waals surface area contributed by atoms with Gasteiger partial charge in [0, 0.05) is 18.6 Å². The van der Waals surface area contributed by atoms with Crippen molar-refractivity contribution in [1.29, 1.82) is 0 Å². The Morgan fingerprint density at radius 3 is 2.24 bits per heavy atom. The van der Waals surface area contributed by atoms with Crippen LogP contribution in [0.25, 0.3) is 0 Å². The fourth-order valence-electron chi connectivity index (χ4n) is 4.60. The van der Waals surface area contributed by atoms with E-state index >= 15 is 0 Å². The van der Waals surface area contributed by atoms with Crippen molar-refractivity contribution in [1.82, 2.24) is 10.6 Å². The minimum Gasteiger partial charge on any atom is -0.313 e. The number of nitrogens with one attached hydrogen (secondary N) is 2. The zero-order chi connectivity index (χ0) is 12.0. The second-order valence-electron chi connectivity index (χ2n) is 7.02. The Kier molecular flexibility index (Phi) is 3.20. The summed E-state index contributed by atoms with van der Waals surface area (Å²) in [5.41, 5.74) is 0. The van der Waals surface area contributed by atoms with Gasteiger partial charge in [-0.25, -0.2) is 0 Å². The van der Waals surface area contributed by atoms with E-state index in [0.29, 0.717) is 12.1 Å². The van der Waals surface area contributed by atoms with Gasteiger partial charge in [0.25, 0.3) is 0 Å². The normalized spacial score (nSPS) is 44.1. The molecule has 0 saturated heterocycles. The van der Waals surface area contributed by atoms with Gasteiger partial charge in [0.15, 0.2) is 0 Å². The second-order valence-corrected chi connectivity index (χ2v) is 7.02. The van der Waals surface area contributed by atoms with Crippen molar-refractivity contribution in [2.45, 2.75) is 52.1 Å². The summed E-state index contributed by atoms with van der Waals surface area (Å²) in [6, 6.07) is 1.23. The summed E-state index contributed by atoms with van der Waals surface area (Å²) in [6.07, 6.45) is 4.68. The fourth-order valence-corrected chi connectivity index (χ4v) is 4.60. The van der Waals surface area contributed by atoms with Crippen molar-refractivity contribution >= 4 is 0 Å². The van der Waals surface area contributed by atoms with Crippen molar-refractivity contribution in [3.8, 4) is 0 Å². The van der Waals surface area contributed by atoms with Crippen LogP contribution < -0.4 is 10.6 Å². The predicted molar refractivity (Wildman–Crippen MR) is 71.9 cm³/mol. The molecule has 3 saturated carbocycles. The zero-order valence-corrected chi connectivity index (χ0v) is 11.6. The summed E-state index contributed by atoms with van der Waals surface area (Å²) in [6.45, 7) is 9.13. The number of hydrogen-bond acceptors (Lipinski definition) is 2. The van der Waals surface area contributed by atoms with Gasteiger partial charge in [-0.15, -0.1) is 0 Å². The summed E-state index contributed by atoms with van der Waals surface area (Å²) in [4.78, 5) is 0. The van der Waals surface area contributed by atoms with Crippen LogP contribution in [0.15, 0.2) is 0 Å². The molecule has 2 bridgehead atoms.